The van der Waals surface area contributed by atoms with Gasteiger partial charge in [-0.15, -0.1) is 0 Å². The minimum atomic E-state index is 0.836. The maximum absolute atomic E-state index is 4.41. The van der Waals surface area contributed by atoms with E-state index in [9.17, 15) is 0 Å². The van der Waals surface area contributed by atoms with Gasteiger partial charge in [-0.05, 0) is 0 Å². The van der Waals surface area contributed by atoms with Gasteiger partial charge in [-0.1, -0.05) is 0 Å². The predicted octanol–water partition coefficient (Wildman–Crippen LogP) is 1.14. The first-order valence-electron chi connectivity index (χ1n) is 3.59. The van der Waals surface area contributed by atoms with Crippen LogP contribution in [0.15, 0.2) is 0 Å². The summed E-state index contributed by atoms with van der Waals surface area (Å²) in [5.74, 6) is 3.31. The molecular formula is C6H12S3Se3. The summed E-state index contributed by atoms with van der Waals surface area (Å²) >= 11 is 15.7. The second-order valence-electron chi connectivity index (χ2n) is 2.24. The summed E-state index contributed by atoms with van der Waals surface area (Å²) in [6, 6.07) is 0. The Labute approximate surface area is 110 Å². The third kappa shape index (κ3) is 4.00. The molecule has 0 bridgehead atoms. The van der Waals surface area contributed by atoms with E-state index in [0.717, 1.165) is 73.3 Å². The average Bonchev–Trinajstić information content (AvgIpc) is 2.16. The van der Waals surface area contributed by atoms with Crippen molar-refractivity contribution in [3.63, 3.8) is 0 Å². The SMILES string of the molecule is SCC1[Se]C(CS)[Se]C(CS)[Se]1. The van der Waals surface area contributed by atoms with E-state index in [1.54, 1.807) is 0 Å². The number of hydrogen-bond donors (Lipinski definition) is 3. The van der Waals surface area contributed by atoms with Crippen molar-refractivity contribution in [3.05, 3.63) is 0 Å². The van der Waals surface area contributed by atoms with Gasteiger partial charge in [0.15, 0.2) is 0 Å². The van der Waals surface area contributed by atoms with Crippen LogP contribution in [0.4, 0.5) is 0 Å². The van der Waals surface area contributed by atoms with Crippen LogP contribution in [0, 0.1) is 0 Å². The van der Waals surface area contributed by atoms with Gasteiger partial charge in [-0.3, -0.25) is 0 Å². The summed E-state index contributed by atoms with van der Waals surface area (Å²) < 4.78 is 2.87. The summed E-state index contributed by atoms with van der Waals surface area (Å²) in [5.41, 5.74) is 0. The molecule has 0 amide bonds. The molecule has 1 rings (SSSR count). The molecule has 1 aliphatic rings. The topological polar surface area (TPSA) is 0 Å². The Bertz CT molecular complexity index is 105. The first-order chi connectivity index (χ1) is 5.80. The van der Waals surface area contributed by atoms with Gasteiger partial charge in [-0.2, -0.15) is 0 Å². The van der Waals surface area contributed by atoms with Crippen molar-refractivity contribution < 1.29 is 0 Å². The zero-order chi connectivity index (χ0) is 8.97. The Balaban J connectivity index is 2.41. The molecule has 72 valence electrons. The predicted molar refractivity (Wildman–Crippen MR) is 70.1 cm³/mol. The molecule has 1 saturated heterocycles. The van der Waals surface area contributed by atoms with E-state index < -0.39 is 0 Å². The van der Waals surface area contributed by atoms with Gasteiger partial charge >= 0.3 is 111 Å². The molecule has 6 heteroatoms. The van der Waals surface area contributed by atoms with E-state index in [2.05, 4.69) is 37.9 Å². The van der Waals surface area contributed by atoms with Crippen molar-refractivity contribution >= 4 is 82.8 Å². The van der Waals surface area contributed by atoms with Crippen molar-refractivity contribution in [1.29, 1.82) is 0 Å². The van der Waals surface area contributed by atoms with E-state index >= 15 is 0 Å². The molecule has 0 N–H and O–H groups in total. The van der Waals surface area contributed by atoms with E-state index in [0.29, 0.717) is 0 Å². The van der Waals surface area contributed by atoms with Gasteiger partial charge in [0.2, 0.25) is 0 Å². The second kappa shape index (κ2) is 6.98. The molecule has 0 atom stereocenters. The summed E-state index contributed by atoms with van der Waals surface area (Å²) in [7, 11) is 0. The van der Waals surface area contributed by atoms with Gasteiger partial charge < -0.3 is 0 Å². The van der Waals surface area contributed by atoms with E-state index in [-0.39, 0.29) is 0 Å². The van der Waals surface area contributed by atoms with Gasteiger partial charge in [0.05, 0.1) is 0 Å². The van der Waals surface area contributed by atoms with Crippen molar-refractivity contribution in [2.45, 2.75) is 11.1 Å². The number of thiol groups is 3. The molecule has 1 fully saturated rings. The summed E-state index contributed by atoms with van der Waals surface area (Å²) in [6.45, 7) is 0. The fourth-order valence-electron chi connectivity index (χ4n) is 0.862. The standard InChI is InChI=1S/C6H12S3Se3/c7-1-4-10-5(2-8)12-6(3-9)11-4/h4-9H,1-3H2. The zero-order valence-corrected chi connectivity index (χ0v) is 14.2. The van der Waals surface area contributed by atoms with Gasteiger partial charge in [0, 0.05) is 0 Å². The Kier molecular flexibility index (Phi) is 7.37. The third-order valence-corrected chi connectivity index (χ3v) is 19.0. The van der Waals surface area contributed by atoms with Crippen molar-refractivity contribution in [2.24, 2.45) is 0 Å². The molecule has 0 unspecified atom stereocenters. The summed E-state index contributed by atoms with van der Waals surface area (Å²) in [4.78, 5) is 0. The quantitative estimate of drug-likeness (QED) is 0.446. The molecular weight excluding hydrogens is 405 g/mol. The Morgan fingerprint density at radius 1 is 0.667 bits per heavy atom. The summed E-state index contributed by atoms with van der Waals surface area (Å²) in [6.07, 6.45) is 0. The van der Waals surface area contributed by atoms with Crippen molar-refractivity contribution in [3.8, 4) is 0 Å². The Hall–Kier alpha value is 2.61. The second-order valence-corrected chi connectivity index (χ2v) is 16.8. The van der Waals surface area contributed by atoms with E-state index in [1.807, 2.05) is 0 Å². The minimum absolute atomic E-state index is 0.836. The van der Waals surface area contributed by atoms with Crippen LogP contribution in [0.25, 0.3) is 0 Å². The Morgan fingerprint density at radius 2 is 0.917 bits per heavy atom. The Morgan fingerprint density at radius 3 is 1.08 bits per heavy atom. The molecule has 0 radical (unpaired) electrons. The molecule has 1 aliphatic heterocycles. The van der Waals surface area contributed by atoms with Crippen LogP contribution >= 0.6 is 37.9 Å². The summed E-state index contributed by atoms with van der Waals surface area (Å²) in [5, 5.41) is 0. The normalized spacial score (nSPS) is 36.8. The molecule has 1 heterocycles. The molecule has 0 aromatic rings. The van der Waals surface area contributed by atoms with Crippen molar-refractivity contribution in [2.75, 3.05) is 17.3 Å². The number of rotatable bonds is 3. The van der Waals surface area contributed by atoms with Crippen molar-refractivity contribution in [1.82, 2.24) is 0 Å². The van der Waals surface area contributed by atoms with Gasteiger partial charge in [0.25, 0.3) is 0 Å². The monoisotopic (exact) mass is 420 g/mol. The van der Waals surface area contributed by atoms with Crippen LogP contribution in [0.5, 0.6) is 0 Å². The van der Waals surface area contributed by atoms with Crippen LogP contribution in [0.1, 0.15) is 0 Å². The van der Waals surface area contributed by atoms with E-state index in [4.69, 9.17) is 0 Å². The molecule has 0 saturated carbocycles. The van der Waals surface area contributed by atoms with Crippen LogP contribution in [-0.4, -0.2) is 62.1 Å². The van der Waals surface area contributed by atoms with Crippen LogP contribution < -0.4 is 0 Å². The molecule has 0 aromatic heterocycles. The number of hydrogen-bond acceptors (Lipinski definition) is 3. The van der Waals surface area contributed by atoms with Gasteiger partial charge in [-0.25, -0.2) is 0 Å². The fraction of sp³-hybridized carbons (Fsp3) is 1.00. The average molecular weight is 417 g/mol. The molecule has 12 heavy (non-hydrogen) atoms. The molecule has 0 aromatic carbocycles. The van der Waals surface area contributed by atoms with E-state index in [1.165, 1.54) is 0 Å². The van der Waals surface area contributed by atoms with Crippen LogP contribution in [0.3, 0.4) is 0 Å². The van der Waals surface area contributed by atoms with Crippen LogP contribution in [-0.2, 0) is 0 Å². The molecule has 0 nitrogen and oxygen atoms in total. The maximum atomic E-state index is 4.41. The molecule has 0 aliphatic carbocycles. The van der Waals surface area contributed by atoms with Crippen LogP contribution in [0.2, 0.25) is 11.1 Å². The third-order valence-electron chi connectivity index (χ3n) is 1.36. The fourth-order valence-corrected chi connectivity index (χ4v) is 23.6. The first kappa shape index (κ1) is 12.7. The zero-order valence-electron chi connectivity index (χ0n) is 6.42. The van der Waals surface area contributed by atoms with Gasteiger partial charge in [0.1, 0.15) is 0 Å². The first-order valence-corrected chi connectivity index (χ1v) is 11.4. The molecule has 0 spiro atoms.